The molecular weight excluding hydrogens is 827 g/mol. The second-order valence-corrected chi connectivity index (χ2v) is 20.3. The van der Waals surface area contributed by atoms with Gasteiger partial charge in [0.2, 0.25) is 5.91 Å². The molecule has 2 atom stereocenters. The minimum Gasteiger partial charge on any atom is -0.466 e. The number of carbonyl (C=O) groups excluding carboxylic acids is 2. The first-order valence-corrected chi connectivity index (χ1v) is 29.7. The first-order valence-electron chi connectivity index (χ1n) is 29.7. The van der Waals surface area contributed by atoms with Crippen LogP contribution in [0.3, 0.4) is 0 Å². The molecule has 0 rings (SSSR count). The molecule has 67 heavy (non-hydrogen) atoms. The van der Waals surface area contributed by atoms with E-state index in [2.05, 4.69) is 55.6 Å². The lowest BCUT2D eigenvalue weighted by Crippen LogP contribution is -2.45. The number of esters is 1. The van der Waals surface area contributed by atoms with Crippen molar-refractivity contribution in [3.8, 4) is 0 Å². The largest absolute Gasteiger partial charge is 0.466 e. The Labute approximate surface area is 417 Å². The van der Waals surface area contributed by atoms with Crippen LogP contribution in [0.25, 0.3) is 0 Å². The number of carbonyl (C=O) groups is 2. The van der Waals surface area contributed by atoms with Gasteiger partial charge in [-0.2, -0.15) is 0 Å². The predicted octanol–water partition coefficient (Wildman–Crippen LogP) is 18.4. The van der Waals surface area contributed by atoms with Gasteiger partial charge in [-0.1, -0.05) is 256 Å². The smallest absolute Gasteiger partial charge is 0.305 e. The fourth-order valence-corrected chi connectivity index (χ4v) is 9.08. The van der Waals surface area contributed by atoms with Crippen molar-refractivity contribution in [2.24, 2.45) is 0 Å². The lowest BCUT2D eigenvalue weighted by molar-refractivity contribution is -0.143. The summed E-state index contributed by atoms with van der Waals surface area (Å²) in [6, 6.07) is -0.565. The Morgan fingerprint density at radius 1 is 0.418 bits per heavy atom. The van der Waals surface area contributed by atoms with Crippen LogP contribution in [0.1, 0.15) is 316 Å². The third-order valence-corrected chi connectivity index (χ3v) is 13.7. The van der Waals surface area contributed by atoms with Crippen molar-refractivity contribution in [1.82, 2.24) is 5.32 Å². The maximum Gasteiger partial charge on any atom is 0.305 e. The van der Waals surface area contributed by atoms with Gasteiger partial charge in [0, 0.05) is 12.8 Å². The van der Waals surface area contributed by atoms with Gasteiger partial charge in [0.25, 0.3) is 0 Å². The summed E-state index contributed by atoms with van der Waals surface area (Å²) >= 11 is 0. The highest BCUT2D eigenvalue weighted by molar-refractivity contribution is 5.76. The van der Waals surface area contributed by atoms with Crippen LogP contribution < -0.4 is 5.32 Å². The van der Waals surface area contributed by atoms with E-state index in [9.17, 15) is 19.8 Å². The van der Waals surface area contributed by atoms with Crippen molar-refractivity contribution >= 4 is 11.9 Å². The molecule has 6 heteroatoms. The Hall–Kier alpha value is -1.92. The van der Waals surface area contributed by atoms with Gasteiger partial charge in [-0.25, -0.2) is 0 Å². The molecule has 2 unspecified atom stereocenters. The zero-order valence-corrected chi connectivity index (χ0v) is 44.9. The summed E-state index contributed by atoms with van der Waals surface area (Å²) in [4.78, 5) is 24.6. The molecule has 0 aliphatic heterocycles. The molecule has 0 spiro atoms. The quantitative estimate of drug-likeness (QED) is 0.0321. The summed E-state index contributed by atoms with van der Waals surface area (Å²) in [5.41, 5.74) is 0. The third-order valence-electron chi connectivity index (χ3n) is 13.7. The molecule has 3 N–H and O–H groups in total. The van der Waals surface area contributed by atoms with Gasteiger partial charge in [-0.3, -0.25) is 9.59 Å². The lowest BCUT2D eigenvalue weighted by Gasteiger charge is -2.22. The van der Waals surface area contributed by atoms with E-state index in [-0.39, 0.29) is 18.5 Å². The van der Waals surface area contributed by atoms with Gasteiger partial charge < -0.3 is 20.3 Å². The molecule has 0 heterocycles. The highest BCUT2D eigenvalue weighted by Gasteiger charge is 2.20. The van der Waals surface area contributed by atoms with Crippen molar-refractivity contribution in [3.63, 3.8) is 0 Å². The molecule has 0 saturated carbocycles. The Kier molecular flexibility index (Phi) is 55.0. The molecule has 0 aromatic carbocycles. The lowest BCUT2D eigenvalue weighted by atomic mass is 10.0. The van der Waals surface area contributed by atoms with Crippen molar-refractivity contribution in [1.29, 1.82) is 0 Å². The summed E-state index contributed by atoms with van der Waals surface area (Å²) in [5.74, 6) is -0.107. The molecule has 0 aliphatic carbocycles. The van der Waals surface area contributed by atoms with E-state index < -0.39 is 12.1 Å². The number of amides is 1. The van der Waals surface area contributed by atoms with E-state index in [0.29, 0.717) is 25.9 Å². The number of hydrogen-bond donors (Lipinski definition) is 3. The van der Waals surface area contributed by atoms with Crippen LogP contribution in [-0.4, -0.2) is 47.4 Å². The fraction of sp³-hybridized carbons (Fsp3) is 0.869. The number of allylic oxidation sites excluding steroid dienone is 6. The predicted molar refractivity (Wildman–Crippen MR) is 292 cm³/mol. The van der Waals surface area contributed by atoms with Crippen molar-refractivity contribution in [2.75, 3.05) is 13.2 Å². The normalized spacial score (nSPS) is 12.8. The zero-order valence-electron chi connectivity index (χ0n) is 44.9. The molecule has 394 valence electrons. The minimum atomic E-state index is -0.685. The summed E-state index contributed by atoms with van der Waals surface area (Å²) in [7, 11) is 0. The van der Waals surface area contributed by atoms with Crippen LogP contribution in [0.2, 0.25) is 0 Å². The van der Waals surface area contributed by atoms with E-state index in [0.717, 1.165) is 96.3 Å². The van der Waals surface area contributed by atoms with E-state index in [1.165, 1.54) is 186 Å². The van der Waals surface area contributed by atoms with E-state index in [4.69, 9.17) is 4.74 Å². The van der Waals surface area contributed by atoms with Gasteiger partial charge in [-0.15, -0.1) is 0 Å². The van der Waals surface area contributed by atoms with E-state index >= 15 is 0 Å². The number of rotatable bonds is 55. The topological polar surface area (TPSA) is 95.9 Å². The molecule has 1 amide bonds. The number of unbranched alkanes of at least 4 members (excludes halogenated alkanes) is 38. The minimum absolute atomic E-state index is 0.0440. The molecule has 0 saturated heterocycles. The maximum atomic E-state index is 12.5. The Bertz CT molecular complexity index is 1090. The SMILES string of the molecule is CCCCCC/C=C\C/C=C\CCCCCCCC(=O)OCCCC/C=C\CCCCCCCC(=O)NC(CO)C(O)CCCCCCCCCCCCCCCCCCCCCCCCC. The summed E-state index contributed by atoms with van der Waals surface area (Å²) in [5, 5.41) is 23.3. The monoisotopic (exact) mass is 942 g/mol. The van der Waals surface area contributed by atoms with Crippen LogP contribution in [0.15, 0.2) is 36.5 Å². The fourth-order valence-electron chi connectivity index (χ4n) is 9.08. The highest BCUT2D eigenvalue weighted by Crippen LogP contribution is 2.17. The second-order valence-electron chi connectivity index (χ2n) is 20.3. The van der Waals surface area contributed by atoms with E-state index in [1.807, 2.05) is 0 Å². The first kappa shape index (κ1) is 65.1. The average Bonchev–Trinajstić information content (AvgIpc) is 3.33. The molecule has 0 aliphatic rings. The molecular formula is C61H115NO5. The van der Waals surface area contributed by atoms with Crippen LogP contribution in [0, 0.1) is 0 Å². The number of hydrogen-bond acceptors (Lipinski definition) is 5. The Morgan fingerprint density at radius 2 is 0.746 bits per heavy atom. The van der Waals surface area contributed by atoms with Gasteiger partial charge in [-0.05, 0) is 83.5 Å². The number of aliphatic hydroxyl groups excluding tert-OH is 2. The molecule has 0 radical (unpaired) electrons. The van der Waals surface area contributed by atoms with Crippen LogP contribution in [0.4, 0.5) is 0 Å². The van der Waals surface area contributed by atoms with Crippen LogP contribution >= 0.6 is 0 Å². The Balaban J connectivity index is 3.51. The summed E-state index contributed by atoms with van der Waals surface area (Å²) in [6.07, 6.45) is 70.0. The zero-order chi connectivity index (χ0) is 48.6. The van der Waals surface area contributed by atoms with Crippen LogP contribution in [-0.2, 0) is 14.3 Å². The highest BCUT2D eigenvalue weighted by atomic mass is 16.5. The number of aliphatic hydroxyl groups is 2. The van der Waals surface area contributed by atoms with Gasteiger partial charge in [0.15, 0.2) is 0 Å². The summed E-state index contributed by atoms with van der Waals surface area (Å²) in [6.45, 7) is 4.87. The van der Waals surface area contributed by atoms with Gasteiger partial charge in [0.1, 0.15) is 0 Å². The van der Waals surface area contributed by atoms with Crippen molar-refractivity contribution in [3.05, 3.63) is 36.5 Å². The standard InChI is InChI=1S/C61H115NO5/c1-3-5-7-9-11-13-15-17-19-21-22-23-24-25-26-27-28-30-33-37-41-45-49-53-59(64)58(57-63)62-60(65)54-50-46-42-38-34-32-36-40-44-48-52-56-67-61(66)55-51-47-43-39-35-31-29-20-18-16-14-12-10-8-6-4-2/h14,16,20,29,36,40,58-59,63-64H,3-13,15,17-19,21-28,30-35,37-39,41-57H2,1-2H3,(H,62,65)/b16-14-,29-20-,40-36-. The van der Waals surface area contributed by atoms with Crippen molar-refractivity contribution < 1.29 is 24.5 Å². The Morgan fingerprint density at radius 3 is 1.16 bits per heavy atom. The van der Waals surface area contributed by atoms with Crippen LogP contribution in [0.5, 0.6) is 0 Å². The second kappa shape index (κ2) is 56.7. The first-order chi connectivity index (χ1) is 33.0. The molecule has 0 aromatic rings. The third kappa shape index (κ3) is 53.3. The number of ether oxygens (including phenoxy) is 1. The van der Waals surface area contributed by atoms with Crippen molar-refractivity contribution in [2.45, 2.75) is 328 Å². The van der Waals surface area contributed by atoms with Gasteiger partial charge in [0.05, 0.1) is 25.4 Å². The number of nitrogens with one attached hydrogen (secondary N) is 1. The molecule has 6 nitrogen and oxygen atoms in total. The average molecular weight is 943 g/mol. The maximum absolute atomic E-state index is 12.5. The van der Waals surface area contributed by atoms with Gasteiger partial charge >= 0.3 is 5.97 Å². The summed E-state index contributed by atoms with van der Waals surface area (Å²) < 4.78 is 5.44. The molecule has 0 fully saturated rings. The molecule has 0 bridgehead atoms. The van der Waals surface area contributed by atoms with E-state index in [1.54, 1.807) is 0 Å². The molecule has 0 aromatic heterocycles.